The number of anilines is 1. The molecule has 0 radical (unpaired) electrons. The van der Waals surface area contributed by atoms with Crippen LogP contribution in [-0.4, -0.2) is 19.6 Å². The Balaban J connectivity index is 1.70. The Kier molecular flexibility index (Phi) is 5.81. The fourth-order valence-electron chi connectivity index (χ4n) is 1.78. The predicted molar refractivity (Wildman–Crippen MR) is 85.4 cm³/mol. The van der Waals surface area contributed by atoms with Crippen LogP contribution in [0.5, 0.6) is 11.5 Å². The van der Waals surface area contributed by atoms with Crippen molar-refractivity contribution in [2.75, 3.05) is 19.0 Å². The number of nitrogens with one attached hydrogen (secondary N) is 1. The average Bonchev–Trinajstić information content (AvgIpc) is 2.99. The van der Waals surface area contributed by atoms with Gasteiger partial charge in [-0.25, -0.2) is 0 Å². The summed E-state index contributed by atoms with van der Waals surface area (Å²) in [5.74, 6) is 1.40. The lowest BCUT2D eigenvalue weighted by Gasteiger charge is -2.07. The maximum absolute atomic E-state index is 11.8. The molecule has 22 heavy (non-hydrogen) atoms. The molecule has 0 unspecified atom stereocenters. The van der Waals surface area contributed by atoms with E-state index in [1.165, 1.54) is 11.3 Å². The zero-order chi connectivity index (χ0) is 15.8. The molecule has 1 aromatic heterocycles. The first-order valence-corrected chi connectivity index (χ1v) is 7.65. The monoisotopic (exact) mass is 316 g/mol. The molecule has 1 aromatic carbocycles. The van der Waals surface area contributed by atoms with Crippen molar-refractivity contribution in [3.8, 4) is 17.6 Å². The number of amides is 1. The summed E-state index contributed by atoms with van der Waals surface area (Å²) in [5.41, 5.74) is 0.493. The first-order chi connectivity index (χ1) is 10.7. The number of carbonyl (C=O) groups is 1. The number of nitrogens with zero attached hydrogens (tertiary/aromatic N) is 1. The van der Waals surface area contributed by atoms with Crippen LogP contribution >= 0.6 is 11.3 Å². The van der Waals surface area contributed by atoms with Gasteiger partial charge in [0.1, 0.15) is 22.6 Å². The van der Waals surface area contributed by atoms with Gasteiger partial charge in [0, 0.05) is 6.42 Å². The van der Waals surface area contributed by atoms with E-state index < -0.39 is 0 Å². The molecule has 1 N–H and O–H groups in total. The second-order valence-electron chi connectivity index (χ2n) is 4.45. The topological polar surface area (TPSA) is 71.3 Å². The van der Waals surface area contributed by atoms with Crippen molar-refractivity contribution in [1.29, 1.82) is 5.26 Å². The summed E-state index contributed by atoms with van der Waals surface area (Å²) < 4.78 is 10.6. The number of carbonyl (C=O) groups excluding carboxylic acids is 1. The molecule has 0 saturated heterocycles. The van der Waals surface area contributed by atoms with Crippen LogP contribution in [0.25, 0.3) is 0 Å². The van der Waals surface area contributed by atoms with E-state index in [0.717, 1.165) is 11.5 Å². The summed E-state index contributed by atoms with van der Waals surface area (Å²) in [6, 6.07) is 11.0. The number of rotatable bonds is 7. The molecule has 1 amide bonds. The van der Waals surface area contributed by atoms with Crippen molar-refractivity contribution < 1.29 is 14.3 Å². The molecule has 6 heteroatoms. The van der Waals surface area contributed by atoms with Crippen molar-refractivity contribution in [3.05, 3.63) is 41.3 Å². The molecular formula is C16H16N2O3S. The first-order valence-electron chi connectivity index (χ1n) is 6.77. The summed E-state index contributed by atoms with van der Waals surface area (Å²) in [6.07, 6.45) is 0.948. The number of methoxy groups -OCH3 is 1. The van der Waals surface area contributed by atoms with Crippen LogP contribution in [0.4, 0.5) is 5.00 Å². The number of benzene rings is 1. The quantitative estimate of drug-likeness (QED) is 0.794. The van der Waals surface area contributed by atoms with E-state index in [2.05, 4.69) is 5.32 Å². The zero-order valence-electron chi connectivity index (χ0n) is 12.2. The van der Waals surface area contributed by atoms with Gasteiger partial charge in [-0.05, 0) is 42.1 Å². The third-order valence-electron chi connectivity index (χ3n) is 2.91. The van der Waals surface area contributed by atoms with Gasteiger partial charge in [0.05, 0.1) is 19.3 Å². The number of hydrogen-bond acceptors (Lipinski definition) is 5. The van der Waals surface area contributed by atoms with Crippen LogP contribution in [0.15, 0.2) is 35.7 Å². The highest BCUT2D eigenvalue weighted by molar-refractivity contribution is 7.14. The number of hydrogen-bond donors (Lipinski definition) is 1. The highest BCUT2D eigenvalue weighted by atomic mass is 32.1. The Morgan fingerprint density at radius 1 is 1.27 bits per heavy atom. The van der Waals surface area contributed by atoms with E-state index in [1.54, 1.807) is 18.6 Å². The molecule has 0 saturated carbocycles. The van der Waals surface area contributed by atoms with Crippen molar-refractivity contribution in [3.63, 3.8) is 0 Å². The SMILES string of the molecule is COc1ccc(OCCCC(=O)Nc2sccc2C#N)cc1. The van der Waals surface area contributed by atoms with Crippen molar-refractivity contribution in [1.82, 2.24) is 0 Å². The molecule has 0 spiro atoms. The Morgan fingerprint density at radius 2 is 2.00 bits per heavy atom. The Hall–Kier alpha value is -2.52. The summed E-state index contributed by atoms with van der Waals surface area (Å²) in [4.78, 5) is 11.8. The lowest BCUT2D eigenvalue weighted by molar-refractivity contribution is -0.116. The summed E-state index contributed by atoms with van der Waals surface area (Å²) in [6.45, 7) is 0.454. The largest absolute Gasteiger partial charge is 0.497 e. The van der Waals surface area contributed by atoms with Crippen LogP contribution in [0.2, 0.25) is 0 Å². The lowest BCUT2D eigenvalue weighted by atomic mass is 10.3. The van der Waals surface area contributed by atoms with Crippen molar-refractivity contribution in [2.45, 2.75) is 12.8 Å². The first kappa shape index (κ1) is 15.9. The summed E-state index contributed by atoms with van der Waals surface area (Å²) in [5, 5.41) is 14.0. The summed E-state index contributed by atoms with van der Waals surface area (Å²) in [7, 11) is 1.61. The molecule has 0 aliphatic heterocycles. The number of nitriles is 1. The van der Waals surface area contributed by atoms with Crippen LogP contribution in [0.3, 0.4) is 0 Å². The molecule has 1 heterocycles. The number of thiophene rings is 1. The van der Waals surface area contributed by atoms with Gasteiger partial charge >= 0.3 is 0 Å². The van der Waals surface area contributed by atoms with Gasteiger partial charge < -0.3 is 14.8 Å². The molecule has 114 valence electrons. The smallest absolute Gasteiger partial charge is 0.225 e. The molecule has 2 aromatic rings. The molecule has 0 fully saturated rings. The van der Waals surface area contributed by atoms with Gasteiger partial charge in [-0.15, -0.1) is 11.3 Å². The third-order valence-corrected chi connectivity index (χ3v) is 3.74. The highest BCUT2D eigenvalue weighted by Gasteiger charge is 2.08. The summed E-state index contributed by atoms with van der Waals surface area (Å²) >= 11 is 1.34. The van der Waals surface area contributed by atoms with Crippen LogP contribution < -0.4 is 14.8 Å². The van der Waals surface area contributed by atoms with Gasteiger partial charge in [-0.3, -0.25) is 4.79 Å². The van der Waals surface area contributed by atoms with E-state index in [1.807, 2.05) is 30.3 Å². The predicted octanol–water partition coefficient (Wildman–Crippen LogP) is 3.43. The Labute approximate surface area is 133 Å². The molecule has 0 aliphatic carbocycles. The van der Waals surface area contributed by atoms with Crippen LogP contribution in [-0.2, 0) is 4.79 Å². The maximum atomic E-state index is 11.8. The number of ether oxygens (including phenoxy) is 2. The highest BCUT2D eigenvalue weighted by Crippen LogP contribution is 2.22. The Morgan fingerprint density at radius 3 is 2.68 bits per heavy atom. The van der Waals surface area contributed by atoms with Crippen LogP contribution in [0.1, 0.15) is 18.4 Å². The molecule has 5 nitrogen and oxygen atoms in total. The lowest BCUT2D eigenvalue weighted by Crippen LogP contribution is -2.12. The van der Waals surface area contributed by atoms with Gasteiger partial charge in [-0.1, -0.05) is 0 Å². The molecule has 0 aliphatic rings. The van der Waals surface area contributed by atoms with E-state index in [4.69, 9.17) is 14.7 Å². The van der Waals surface area contributed by atoms with Gasteiger partial charge in [0.15, 0.2) is 0 Å². The standard InChI is InChI=1S/C16H16N2O3S/c1-20-13-4-6-14(7-5-13)21-9-2-3-15(19)18-16-12(11-17)8-10-22-16/h4-8,10H,2-3,9H2,1H3,(H,18,19). The minimum atomic E-state index is -0.114. The third kappa shape index (κ3) is 4.50. The van der Waals surface area contributed by atoms with E-state index in [0.29, 0.717) is 30.0 Å². The normalized spacial score (nSPS) is 9.82. The van der Waals surface area contributed by atoms with E-state index in [9.17, 15) is 4.79 Å². The minimum absolute atomic E-state index is 0.114. The second-order valence-corrected chi connectivity index (χ2v) is 5.37. The van der Waals surface area contributed by atoms with Gasteiger partial charge in [0.2, 0.25) is 5.91 Å². The average molecular weight is 316 g/mol. The van der Waals surface area contributed by atoms with Crippen molar-refractivity contribution in [2.24, 2.45) is 0 Å². The van der Waals surface area contributed by atoms with Gasteiger partial charge in [0.25, 0.3) is 0 Å². The van der Waals surface area contributed by atoms with E-state index >= 15 is 0 Å². The molecule has 0 bridgehead atoms. The minimum Gasteiger partial charge on any atom is -0.497 e. The maximum Gasteiger partial charge on any atom is 0.225 e. The Bertz CT molecular complexity index is 659. The molecule has 2 rings (SSSR count). The van der Waals surface area contributed by atoms with Crippen molar-refractivity contribution >= 4 is 22.2 Å². The zero-order valence-corrected chi connectivity index (χ0v) is 13.0. The fraction of sp³-hybridized carbons (Fsp3) is 0.250. The molecular weight excluding hydrogens is 300 g/mol. The van der Waals surface area contributed by atoms with Gasteiger partial charge in [-0.2, -0.15) is 5.26 Å². The fourth-order valence-corrected chi connectivity index (χ4v) is 2.53. The molecule has 0 atom stereocenters. The second kappa shape index (κ2) is 8.05. The van der Waals surface area contributed by atoms with Crippen LogP contribution in [0, 0.1) is 11.3 Å². The van der Waals surface area contributed by atoms with E-state index in [-0.39, 0.29) is 5.91 Å².